The van der Waals surface area contributed by atoms with E-state index >= 15 is 0 Å². The lowest BCUT2D eigenvalue weighted by Crippen LogP contribution is -2.04. The molecule has 2 nitrogen and oxygen atoms in total. The Hall–Kier alpha value is -0.0800. The Morgan fingerprint density at radius 2 is 2.40 bits per heavy atom. The van der Waals surface area contributed by atoms with E-state index in [-0.39, 0.29) is 0 Å². The molecule has 58 valence electrons. The molecule has 0 aromatic heterocycles. The summed E-state index contributed by atoms with van der Waals surface area (Å²) in [4.78, 5) is 0. The van der Waals surface area contributed by atoms with E-state index in [0.29, 0.717) is 12.5 Å². The van der Waals surface area contributed by atoms with E-state index in [0.717, 1.165) is 25.0 Å². The average molecular weight is 142 g/mol. The molecule has 1 heterocycles. The summed E-state index contributed by atoms with van der Waals surface area (Å²) in [5.41, 5.74) is 0. The Bertz CT molecular complexity index is 118. The van der Waals surface area contributed by atoms with Crippen molar-refractivity contribution < 1.29 is 9.84 Å². The molecule has 1 N–H and O–H groups in total. The van der Waals surface area contributed by atoms with E-state index in [1.807, 2.05) is 0 Å². The molecule has 10 heavy (non-hydrogen) atoms. The van der Waals surface area contributed by atoms with E-state index in [2.05, 4.69) is 0 Å². The third-order valence-corrected chi connectivity index (χ3v) is 2.78. The third-order valence-electron chi connectivity index (χ3n) is 2.78. The number of ether oxygens (including phenoxy) is 1. The lowest BCUT2D eigenvalue weighted by Gasteiger charge is -2.03. The second kappa shape index (κ2) is 2.51. The number of hydrogen-bond acceptors (Lipinski definition) is 2. The zero-order valence-corrected chi connectivity index (χ0v) is 6.12. The molecule has 2 aliphatic rings. The standard InChI is InChI=1S/C8H14O2/c9-4-7-3-8(7)6-1-2-10-5-6/h6-9H,1-5H2/t6-,7-,8+/m0/s1. The Morgan fingerprint density at radius 1 is 1.50 bits per heavy atom. The summed E-state index contributed by atoms with van der Waals surface area (Å²) in [5, 5.41) is 8.80. The van der Waals surface area contributed by atoms with Gasteiger partial charge in [-0.2, -0.15) is 0 Å². The molecule has 2 fully saturated rings. The van der Waals surface area contributed by atoms with Crippen LogP contribution in [-0.4, -0.2) is 24.9 Å². The summed E-state index contributed by atoms with van der Waals surface area (Å²) >= 11 is 0. The minimum atomic E-state index is 0.390. The molecule has 0 amide bonds. The van der Waals surface area contributed by atoms with Gasteiger partial charge in [0.2, 0.25) is 0 Å². The predicted octanol–water partition coefficient (Wildman–Crippen LogP) is 0.651. The quantitative estimate of drug-likeness (QED) is 0.613. The van der Waals surface area contributed by atoms with Crippen molar-refractivity contribution in [2.75, 3.05) is 19.8 Å². The fraction of sp³-hybridized carbons (Fsp3) is 1.00. The maximum Gasteiger partial charge on any atom is 0.0497 e. The molecule has 0 bridgehead atoms. The molecule has 0 aromatic carbocycles. The highest BCUT2D eigenvalue weighted by Crippen LogP contribution is 2.46. The smallest absolute Gasteiger partial charge is 0.0497 e. The van der Waals surface area contributed by atoms with Crippen molar-refractivity contribution in [3.05, 3.63) is 0 Å². The van der Waals surface area contributed by atoms with Gasteiger partial charge in [0, 0.05) is 19.8 Å². The molecule has 2 heteroatoms. The van der Waals surface area contributed by atoms with E-state index in [1.54, 1.807) is 0 Å². The molecular weight excluding hydrogens is 128 g/mol. The van der Waals surface area contributed by atoms with Gasteiger partial charge in [0.15, 0.2) is 0 Å². The maximum absolute atomic E-state index is 8.80. The van der Waals surface area contributed by atoms with Gasteiger partial charge in [0.25, 0.3) is 0 Å². The summed E-state index contributed by atoms with van der Waals surface area (Å²) < 4.78 is 5.27. The third kappa shape index (κ3) is 1.06. The number of aliphatic hydroxyl groups excluding tert-OH is 1. The van der Waals surface area contributed by atoms with Crippen LogP contribution in [0.5, 0.6) is 0 Å². The molecule has 1 aliphatic heterocycles. The molecule has 1 aliphatic carbocycles. The van der Waals surface area contributed by atoms with Crippen molar-refractivity contribution in [3.8, 4) is 0 Å². The molecule has 1 saturated carbocycles. The molecule has 0 unspecified atom stereocenters. The number of rotatable bonds is 2. The zero-order chi connectivity index (χ0) is 6.97. The SMILES string of the molecule is OC[C@@H]1C[C@@H]1[C@H]1CCOC1. The van der Waals surface area contributed by atoms with Crippen molar-refractivity contribution in [2.45, 2.75) is 12.8 Å². The fourth-order valence-electron chi connectivity index (χ4n) is 1.95. The average Bonchev–Trinajstić information content (AvgIpc) is 2.56. The van der Waals surface area contributed by atoms with Crippen molar-refractivity contribution in [1.29, 1.82) is 0 Å². The van der Waals surface area contributed by atoms with Gasteiger partial charge >= 0.3 is 0 Å². The normalized spacial score (nSPS) is 45.9. The van der Waals surface area contributed by atoms with Crippen LogP contribution >= 0.6 is 0 Å². The topological polar surface area (TPSA) is 29.5 Å². The highest BCUT2D eigenvalue weighted by Gasteiger charge is 2.43. The molecule has 1 saturated heterocycles. The van der Waals surface area contributed by atoms with Crippen molar-refractivity contribution >= 4 is 0 Å². The van der Waals surface area contributed by atoms with E-state index in [4.69, 9.17) is 9.84 Å². The summed E-state index contributed by atoms with van der Waals surface area (Å²) in [6.45, 7) is 2.28. The van der Waals surface area contributed by atoms with Gasteiger partial charge in [0.05, 0.1) is 0 Å². The maximum atomic E-state index is 8.80. The Morgan fingerprint density at radius 3 is 2.90 bits per heavy atom. The van der Waals surface area contributed by atoms with Crippen LogP contribution < -0.4 is 0 Å². The molecule has 2 rings (SSSR count). The highest BCUT2D eigenvalue weighted by atomic mass is 16.5. The first-order valence-electron chi connectivity index (χ1n) is 4.10. The van der Waals surface area contributed by atoms with E-state index < -0.39 is 0 Å². The Labute approximate surface area is 61.2 Å². The minimum Gasteiger partial charge on any atom is -0.396 e. The largest absolute Gasteiger partial charge is 0.396 e. The fourth-order valence-corrected chi connectivity index (χ4v) is 1.95. The lowest BCUT2D eigenvalue weighted by molar-refractivity contribution is 0.178. The van der Waals surface area contributed by atoms with Crippen molar-refractivity contribution in [1.82, 2.24) is 0 Å². The molecule has 0 aromatic rings. The summed E-state index contributed by atoms with van der Waals surface area (Å²) in [6, 6.07) is 0. The zero-order valence-electron chi connectivity index (χ0n) is 6.12. The monoisotopic (exact) mass is 142 g/mol. The molecule has 0 radical (unpaired) electrons. The predicted molar refractivity (Wildman–Crippen MR) is 37.6 cm³/mol. The van der Waals surface area contributed by atoms with Crippen LogP contribution in [0, 0.1) is 17.8 Å². The van der Waals surface area contributed by atoms with Gasteiger partial charge in [-0.25, -0.2) is 0 Å². The van der Waals surface area contributed by atoms with Crippen molar-refractivity contribution in [3.63, 3.8) is 0 Å². The van der Waals surface area contributed by atoms with Gasteiger partial charge in [-0.15, -0.1) is 0 Å². The molecule has 3 atom stereocenters. The second-order valence-electron chi connectivity index (χ2n) is 3.47. The molecular formula is C8H14O2. The van der Waals surface area contributed by atoms with Crippen molar-refractivity contribution in [2.24, 2.45) is 17.8 Å². The Balaban J connectivity index is 1.79. The van der Waals surface area contributed by atoms with Gasteiger partial charge in [-0.05, 0) is 30.6 Å². The highest BCUT2D eigenvalue weighted by molar-refractivity contribution is 4.91. The van der Waals surface area contributed by atoms with Crippen LogP contribution in [0.4, 0.5) is 0 Å². The first-order chi connectivity index (χ1) is 4.92. The number of aliphatic hydroxyl groups is 1. The van der Waals surface area contributed by atoms with Gasteiger partial charge < -0.3 is 9.84 Å². The summed E-state index contributed by atoms with van der Waals surface area (Å²) in [6.07, 6.45) is 2.46. The van der Waals surface area contributed by atoms with Gasteiger partial charge in [-0.1, -0.05) is 0 Å². The van der Waals surface area contributed by atoms with Crippen LogP contribution in [0.3, 0.4) is 0 Å². The first kappa shape index (κ1) is 6.62. The van der Waals surface area contributed by atoms with E-state index in [9.17, 15) is 0 Å². The van der Waals surface area contributed by atoms with Gasteiger partial charge in [-0.3, -0.25) is 0 Å². The minimum absolute atomic E-state index is 0.390. The van der Waals surface area contributed by atoms with Crippen LogP contribution in [0.2, 0.25) is 0 Å². The van der Waals surface area contributed by atoms with E-state index in [1.165, 1.54) is 12.8 Å². The van der Waals surface area contributed by atoms with Crippen LogP contribution in [-0.2, 0) is 4.74 Å². The summed E-state index contributed by atoms with van der Waals surface area (Å²) in [7, 11) is 0. The summed E-state index contributed by atoms with van der Waals surface area (Å²) in [5.74, 6) is 2.19. The van der Waals surface area contributed by atoms with Gasteiger partial charge in [0.1, 0.15) is 0 Å². The van der Waals surface area contributed by atoms with Crippen LogP contribution in [0.25, 0.3) is 0 Å². The molecule has 0 spiro atoms. The lowest BCUT2D eigenvalue weighted by atomic mass is 10.0. The Kier molecular flexibility index (Phi) is 1.66. The van der Waals surface area contributed by atoms with Crippen LogP contribution in [0.1, 0.15) is 12.8 Å². The first-order valence-corrected chi connectivity index (χ1v) is 4.10. The second-order valence-corrected chi connectivity index (χ2v) is 3.47. The van der Waals surface area contributed by atoms with Crippen LogP contribution in [0.15, 0.2) is 0 Å². The number of hydrogen-bond donors (Lipinski definition) is 1.